The normalized spacial score (nSPS) is 11.2. The van der Waals surface area contributed by atoms with E-state index in [9.17, 15) is 18.0 Å². The average Bonchev–Trinajstić information content (AvgIpc) is 2.76. The molecule has 20 heavy (non-hydrogen) atoms. The monoisotopic (exact) mass is 301 g/mol. The van der Waals surface area contributed by atoms with Gasteiger partial charge in [-0.15, -0.1) is 24.5 Å². The molecule has 0 aliphatic heterocycles. The second-order valence-electron chi connectivity index (χ2n) is 3.93. The van der Waals surface area contributed by atoms with E-state index in [0.717, 1.165) is 11.6 Å². The van der Waals surface area contributed by atoms with Crippen LogP contribution in [0.5, 0.6) is 5.75 Å². The van der Waals surface area contributed by atoms with Crippen LogP contribution < -0.4 is 10.1 Å². The molecule has 1 aromatic carbocycles. The van der Waals surface area contributed by atoms with E-state index in [-0.39, 0.29) is 5.69 Å². The number of halogens is 3. The lowest BCUT2D eigenvalue weighted by atomic mass is 10.2. The number of aryl methyl sites for hydroxylation is 1. The summed E-state index contributed by atoms with van der Waals surface area (Å²) >= 11 is 1.22. The van der Waals surface area contributed by atoms with Crippen LogP contribution in [-0.4, -0.2) is 12.3 Å². The fraction of sp³-hybridized carbons (Fsp3) is 0.154. The Bertz CT molecular complexity index is 622. The summed E-state index contributed by atoms with van der Waals surface area (Å²) in [5.41, 5.74) is 0.740. The Morgan fingerprint density at radius 2 is 1.95 bits per heavy atom. The van der Waals surface area contributed by atoms with E-state index >= 15 is 0 Å². The quantitative estimate of drug-likeness (QED) is 0.922. The van der Waals surface area contributed by atoms with Gasteiger partial charge in [-0.05, 0) is 36.1 Å². The number of hydrogen-bond donors (Lipinski definition) is 1. The molecule has 0 saturated heterocycles. The van der Waals surface area contributed by atoms with Crippen LogP contribution >= 0.6 is 11.3 Å². The van der Waals surface area contributed by atoms with Crippen LogP contribution in [0.3, 0.4) is 0 Å². The first-order valence-electron chi connectivity index (χ1n) is 5.57. The van der Waals surface area contributed by atoms with Crippen molar-refractivity contribution in [1.82, 2.24) is 0 Å². The molecule has 1 amide bonds. The summed E-state index contributed by atoms with van der Waals surface area (Å²) in [4.78, 5) is 12.4. The largest absolute Gasteiger partial charge is 0.573 e. The van der Waals surface area contributed by atoms with E-state index in [1.54, 1.807) is 18.4 Å². The Hall–Kier alpha value is -2.02. The van der Waals surface area contributed by atoms with Gasteiger partial charge in [0.1, 0.15) is 0 Å². The zero-order valence-corrected chi connectivity index (χ0v) is 11.1. The second kappa shape index (κ2) is 5.54. The molecule has 1 aromatic heterocycles. The van der Waals surface area contributed by atoms with E-state index in [0.29, 0.717) is 4.88 Å². The Labute approximate surface area is 117 Å². The lowest BCUT2D eigenvalue weighted by Crippen LogP contribution is -2.19. The van der Waals surface area contributed by atoms with Crippen molar-refractivity contribution in [2.24, 2.45) is 0 Å². The Balaban J connectivity index is 2.22. The minimum Gasteiger partial charge on any atom is -0.404 e. The SMILES string of the molecule is Cc1ccsc1C(=O)Nc1ccccc1OC(F)(F)F. The van der Waals surface area contributed by atoms with Gasteiger partial charge in [0.2, 0.25) is 0 Å². The topological polar surface area (TPSA) is 38.3 Å². The molecule has 0 radical (unpaired) electrons. The number of nitrogens with one attached hydrogen (secondary N) is 1. The molecule has 0 aliphatic rings. The van der Waals surface area contributed by atoms with Crippen LogP contribution in [0.15, 0.2) is 35.7 Å². The second-order valence-corrected chi connectivity index (χ2v) is 4.85. The van der Waals surface area contributed by atoms with Crippen LogP contribution in [0.1, 0.15) is 15.2 Å². The predicted octanol–water partition coefficient (Wildman–Crippen LogP) is 4.21. The fourth-order valence-electron chi connectivity index (χ4n) is 1.57. The van der Waals surface area contributed by atoms with Gasteiger partial charge in [0, 0.05) is 0 Å². The summed E-state index contributed by atoms with van der Waals surface area (Å²) in [7, 11) is 0. The maximum atomic E-state index is 12.3. The smallest absolute Gasteiger partial charge is 0.404 e. The van der Waals surface area contributed by atoms with Crippen molar-refractivity contribution in [3.05, 3.63) is 46.2 Å². The van der Waals surface area contributed by atoms with Gasteiger partial charge in [-0.2, -0.15) is 0 Å². The number of benzene rings is 1. The molecule has 0 atom stereocenters. The maximum absolute atomic E-state index is 12.3. The molecule has 0 fully saturated rings. The standard InChI is InChI=1S/C13H10F3NO2S/c1-8-6-7-20-11(8)12(18)17-9-4-2-3-5-10(9)19-13(14,15)16/h2-7H,1H3,(H,17,18). The minimum atomic E-state index is -4.81. The number of ether oxygens (including phenoxy) is 1. The van der Waals surface area contributed by atoms with Crippen LogP contribution in [0, 0.1) is 6.92 Å². The highest BCUT2D eigenvalue weighted by molar-refractivity contribution is 7.12. The highest BCUT2D eigenvalue weighted by Gasteiger charge is 2.32. The highest BCUT2D eigenvalue weighted by atomic mass is 32.1. The van der Waals surface area contributed by atoms with E-state index in [4.69, 9.17) is 0 Å². The van der Waals surface area contributed by atoms with Crippen molar-refractivity contribution in [3.8, 4) is 5.75 Å². The number of thiophene rings is 1. The van der Waals surface area contributed by atoms with Gasteiger partial charge in [-0.3, -0.25) is 4.79 Å². The first-order valence-corrected chi connectivity index (χ1v) is 6.45. The summed E-state index contributed by atoms with van der Waals surface area (Å²) in [5, 5.41) is 4.16. The van der Waals surface area contributed by atoms with Gasteiger partial charge in [0.05, 0.1) is 10.6 Å². The molecule has 1 heterocycles. The lowest BCUT2D eigenvalue weighted by Gasteiger charge is -2.13. The summed E-state index contributed by atoms with van der Waals surface area (Å²) in [6.45, 7) is 1.75. The number of para-hydroxylation sites is 2. The zero-order valence-electron chi connectivity index (χ0n) is 10.3. The number of carbonyl (C=O) groups excluding carboxylic acids is 1. The molecule has 0 saturated carbocycles. The minimum absolute atomic E-state index is 0.0253. The average molecular weight is 301 g/mol. The van der Waals surface area contributed by atoms with Crippen molar-refractivity contribution in [2.45, 2.75) is 13.3 Å². The van der Waals surface area contributed by atoms with Gasteiger partial charge in [0.15, 0.2) is 5.75 Å². The highest BCUT2D eigenvalue weighted by Crippen LogP contribution is 2.30. The van der Waals surface area contributed by atoms with Gasteiger partial charge < -0.3 is 10.1 Å². The maximum Gasteiger partial charge on any atom is 0.573 e. The molecule has 7 heteroatoms. The molecular weight excluding hydrogens is 291 g/mol. The number of carbonyl (C=O) groups is 1. The third-order valence-electron chi connectivity index (χ3n) is 2.43. The van der Waals surface area contributed by atoms with Crippen molar-refractivity contribution in [3.63, 3.8) is 0 Å². The van der Waals surface area contributed by atoms with E-state index in [1.165, 1.54) is 29.5 Å². The third-order valence-corrected chi connectivity index (χ3v) is 3.44. The molecule has 3 nitrogen and oxygen atoms in total. The summed E-state index contributed by atoms with van der Waals surface area (Å²) in [5.74, 6) is -0.904. The van der Waals surface area contributed by atoms with Crippen molar-refractivity contribution in [1.29, 1.82) is 0 Å². The van der Waals surface area contributed by atoms with Crippen LogP contribution in [0.4, 0.5) is 18.9 Å². The Morgan fingerprint density at radius 1 is 1.25 bits per heavy atom. The summed E-state index contributed by atoms with van der Waals surface area (Å²) in [6, 6.07) is 7.16. The van der Waals surface area contributed by atoms with E-state index < -0.39 is 18.0 Å². The van der Waals surface area contributed by atoms with Crippen LogP contribution in [0.2, 0.25) is 0 Å². The van der Waals surface area contributed by atoms with Gasteiger partial charge >= 0.3 is 6.36 Å². The lowest BCUT2D eigenvalue weighted by molar-refractivity contribution is -0.274. The molecule has 0 bridgehead atoms. The van der Waals surface area contributed by atoms with Crippen molar-refractivity contribution < 1.29 is 22.7 Å². The van der Waals surface area contributed by atoms with Gasteiger partial charge in [0.25, 0.3) is 5.91 Å². The Morgan fingerprint density at radius 3 is 2.55 bits per heavy atom. The molecule has 2 aromatic rings. The summed E-state index contributed by atoms with van der Waals surface area (Å²) < 4.78 is 40.7. The predicted molar refractivity (Wildman–Crippen MR) is 70.1 cm³/mol. The molecular formula is C13H10F3NO2S. The molecule has 0 aliphatic carbocycles. The molecule has 0 spiro atoms. The van der Waals surface area contributed by atoms with Crippen molar-refractivity contribution in [2.75, 3.05) is 5.32 Å². The fourth-order valence-corrected chi connectivity index (χ4v) is 2.39. The number of alkyl halides is 3. The van der Waals surface area contributed by atoms with E-state index in [2.05, 4.69) is 10.1 Å². The number of amides is 1. The van der Waals surface area contributed by atoms with Crippen LogP contribution in [0.25, 0.3) is 0 Å². The first kappa shape index (κ1) is 14.4. The molecule has 0 unspecified atom stereocenters. The van der Waals surface area contributed by atoms with Gasteiger partial charge in [-0.25, -0.2) is 0 Å². The number of hydrogen-bond acceptors (Lipinski definition) is 3. The first-order chi connectivity index (χ1) is 9.37. The van der Waals surface area contributed by atoms with E-state index in [1.807, 2.05) is 0 Å². The molecule has 2 rings (SSSR count). The van der Waals surface area contributed by atoms with Gasteiger partial charge in [-0.1, -0.05) is 12.1 Å². The van der Waals surface area contributed by atoms with Crippen LogP contribution in [-0.2, 0) is 0 Å². The third kappa shape index (κ3) is 3.51. The summed E-state index contributed by atoms with van der Waals surface area (Å²) in [6.07, 6.45) is -4.81. The zero-order chi connectivity index (χ0) is 14.8. The molecule has 106 valence electrons. The number of anilines is 1. The Kier molecular flexibility index (Phi) is 3.99. The number of rotatable bonds is 3. The van der Waals surface area contributed by atoms with Crippen molar-refractivity contribution >= 4 is 22.9 Å². The molecule has 1 N–H and O–H groups in total.